The molecule has 0 fully saturated rings. The lowest BCUT2D eigenvalue weighted by atomic mass is 9.83. The minimum atomic E-state index is 0.442. The van der Waals surface area contributed by atoms with E-state index in [2.05, 4.69) is 85.3 Å². The fourth-order valence-corrected chi connectivity index (χ4v) is 3.02. The quantitative estimate of drug-likeness (QED) is 0.569. The first kappa shape index (κ1) is 19.5. The lowest BCUT2D eigenvalue weighted by Crippen LogP contribution is -2.18. The van der Waals surface area contributed by atoms with Crippen LogP contribution in [-0.2, 0) is 0 Å². The van der Waals surface area contributed by atoms with Gasteiger partial charge < -0.3 is 4.90 Å². The minimum Gasteiger partial charge on any atom is -0.381 e. The van der Waals surface area contributed by atoms with Crippen molar-refractivity contribution in [1.29, 1.82) is 0 Å². The van der Waals surface area contributed by atoms with Crippen molar-refractivity contribution in [3.63, 3.8) is 0 Å². The number of hydrogen-bond donors (Lipinski definition) is 0. The van der Waals surface area contributed by atoms with Crippen molar-refractivity contribution >= 4 is 0 Å². The van der Waals surface area contributed by atoms with E-state index in [9.17, 15) is 0 Å². The molecule has 0 aromatic carbocycles. The predicted octanol–water partition coefficient (Wildman–Crippen LogP) is 6.14. The molecule has 1 atom stereocenters. The monoisotopic (exact) mass is 313 g/mol. The predicted molar refractivity (Wildman–Crippen MR) is 104 cm³/mol. The molecule has 1 rings (SSSR count). The Balaban J connectivity index is 3.23. The zero-order chi connectivity index (χ0) is 17.7. The molecule has 0 aromatic rings. The van der Waals surface area contributed by atoms with Crippen LogP contribution in [0.1, 0.15) is 48.0 Å². The highest BCUT2D eigenvalue weighted by Crippen LogP contribution is 2.33. The van der Waals surface area contributed by atoms with Gasteiger partial charge >= 0.3 is 0 Å². The lowest BCUT2D eigenvalue weighted by molar-refractivity contribution is 0.439. The maximum atomic E-state index is 4.01. The standard InChI is InChI=1S/C22H35N/c1-10-20-12-19(14-22(16(4)5)23(8)9)13-21(18(20)7)11-17(6)15(2)3/h10-12,14-16,19H,1,13H2,2-9H3/b17-11+,22-14-. The van der Waals surface area contributed by atoms with Crippen LogP contribution in [0.5, 0.6) is 0 Å². The van der Waals surface area contributed by atoms with Crippen molar-refractivity contribution in [1.82, 2.24) is 4.90 Å². The number of hydrogen-bond acceptors (Lipinski definition) is 1. The van der Waals surface area contributed by atoms with E-state index >= 15 is 0 Å². The minimum absolute atomic E-state index is 0.442. The molecule has 1 heteroatoms. The summed E-state index contributed by atoms with van der Waals surface area (Å²) in [6.45, 7) is 17.5. The number of allylic oxidation sites excluding steroid dienone is 9. The highest BCUT2D eigenvalue weighted by atomic mass is 15.1. The molecule has 1 nitrogen and oxygen atoms in total. The Hall–Kier alpha value is -1.50. The van der Waals surface area contributed by atoms with Gasteiger partial charge in [0.1, 0.15) is 0 Å². The highest BCUT2D eigenvalue weighted by Gasteiger charge is 2.18. The van der Waals surface area contributed by atoms with E-state index in [1.54, 1.807) is 0 Å². The average Bonchev–Trinajstić information content (AvgIpc) is 2.46. The van der Waals surface area contributed by atoms with Crippen molar-refractivity contribution in [3.8, 4) is 0 Å². The number of nitrogens with zero attached hydrogens (tertiary/aromatic N) is 1. The van der Waals surface area contributed by atoms with Gasteiger partial charge in [0.15, 0.2) is 0 Å². The highest BCUT2D eigenvalue weighted by molar-refractivity contribution is 5.49. The Morgan fingerprint density at radius 2 is 1.83 bits per heavy atom. The van der Waals surface area contributed by atoms with Gasteiger partial charge in [-0.25, -0.2) is 0 Å². The van der Waals surface area contributed by atoms with Crippen LogP contribution in [0.3, 0.4) is 0 Å². The van der Waals surface area contributed by atoms with Gasteiger partial charge in [0, 0.05) is 25.7 Å². The van der Waals surface area contributed by atoms with E-state index in [4.69, 9.17) is 0 Å². The summed E-state index contributed by atoms with van der Waals surface area (Å²) in [5, 5.41) is 0. The molecular formula is C22H35N. The average molecular weight is 314 g/mol. The van der Waals surface area contributed by atoms with E-state index in [0.717, 1.165) is 6.42 Å². The van der Waals surface area contributed by atoms with Crippen molar-refractivity contribution in [2.45, 2.75) is 48.0 Å². The van der Waals surface area contributed by atoms with Gasteiger partial charge in [0.2, 0.25) is 0 Å². The number of rotatable bonds is 6. The first-order chi connectivity index (χ1) is 10.7. The molecule has 1 aliphatic rings. The van der Waals surface area contributed by atoms with E-state index in [1.807, 2.05) is 6.08 Å². The molecule has 0 aliphatic heterocycles. The molecule has 0 spiro atoms. The first-order valence-corrected chi connectivity index (χ1v) is 8.78. The van der Waals surface area contributed by atoms with Gasteiger partial charge in [0.25, 0.3) is 0 Å². The van der Waals surface area contributed by atoms with Crippen molar-refractivity contribution in [2.24, 2.45) is 17.8 Å². The maximum Gasteiger partial charge on any atom is 0.0119 e. The molecule has 0 N–H and O–H groups in total. The van der Waals surface area contributed by atoms with E-state index in [-0.39, 0.29) is 0 Å². The smallest absolute Gasteiger partial charge is 0.0119 e. The van der Waals surface area contributed by atoms with Gasteiger partial charge in [-0.3, -0.25) is 0 Å². The van der Waals surface area contributed by atoms with Crippen LogP contribution in [0, 0.1) is 17.8 Å². The summed E-state index contributed by atoms with van der Waals surface area (Å²) in [7, 11) is 4.27. The lowest BCUT2D eigenvalue weighted by Gasteiger charge is -2.26. The summed E-state index contributed by atoms with van der Waals surface area (Å²) in [4.78, 5) is 2.24. The van der Waals surface area contributed by atoms with Crippen LogP contribution >= 0.6 is 0 Å². The first-order valence-electron chi connectivity index (χ1n) is 8.78. The SMILES string of the molecule is C=CC1=CC(/C=C(/C(C)C)N(C)C)CC(/C=C(\C)C(C)C)=C1C. The Labute approximate surface area is 144 Å². The Morgan fingerprint density at radius 1 is 1.22 bits per heavy atom. The zero-order valence-corrected chi connectivity index (χ0v) is 16.4. The van der Waals surface area contributed by atoms with Gasteiger partial charge in [-0.15, -0.1) is 0 Å². The van der Waals surface area contributed by atoms with Crippen LogP contribution in [0.15, 0.2) is 58.9 Å². The summed E-state index contributed by atoms with van der Waals surface area (Å²) in [5.41, 5.74) is 6.96. The second-order valence-corrected chi connectivity index (χ2v) is 7.53. The van der Waals surface area contributed by atoms with Crippen molar-refractivity contribution < 1.29 is 0 Å². The molecule has 0 bridgehead atoms. The topological polar surface area (TPSA) is 3.24 Å². The van der Waals surface area contributed by atoms with Gasteiger partial charge in [-0.1, -0.05) is 64.2 Å². The van der Waals surface area contributed by atoms with Crippen LogP contribution in [-0.4, -0.2) is 19.0 Å². The molecule has 23 heavy (non-hydrogen) atoms. The molecule has 0 radical (unpaired) electrons. The second kappa shape index (κ2) is 8.38. The summed E-state index contributed by atoms with van der Waals surface area (Å²) >= 11 is 0. The third-order valence-electron chi connectivity index (χ3n) is 4.79. The Kier molecular flexibility index (Phi) is 7.12. The normalized spacial score (nSPS) is 20.3. The molecule has 1 aliphatic carbocycles. The van der Waals surface area contributed by atoms with E-state index in [1.165, 1.54) is 28.0 Å². The summed E-state index contributed by atoms with van der Waals surface area (Å²) in [5.74, 6) is 1.57. The fraction of sp³-hybridized carbons (Fsp3) is 0.545. The molecular weight excluding hydrogens is 278 g/mol. The Morgan fingerprint density at radius 3 is 2.26 bits per heavy atom. The van der Waals surface area contributed by atoms with Crippen molar-refractivity contribution in [3.05, 3.63) is 58.9 Å². The fourth-order valence-electron chi connectivity index (χ4n) is 3.02. The molecule has 0 saturated heterocycles. The van der Waals surface area contributed by atoms with Gasteiger partial charge in [-0.05, 0) is 48.8 Å². The molecule has 128 valence electrons. The largest absolute Gasteiger partial charge is 0.381 e. The molecule has 0 amide bonds. The third kappa shape index (κ3) is 5.27. The van der Waals surface area contributed by atoms with Crippen LogP contribution in [0.2, 0.25) is 0 Å². The van der Waals surface area contributed by atoms with Crippen LogP contribution in [0.25, 0.3) is 0 Å². The Bertz CT molecular complexity index is 541. The molecule has 0 aromatic heterocycles. The summed E-state index contributed by atoms with van der Waals surface area (Å²) < 4.78 is 0. The molecule has 0 heterocycles. The van der Waals surface area contributed by atoms with E-state index in [0.29, 0.717) is 17.8 Å². The van der Waals surface area contributed by atoms with E-state index < -0.39 is 0 Å². The van der Waals surface area contributed by atoms with Crippen LogP contribution in [0.4, 0.5) is 0 Å². The van der Waals surface area contributed by atoms with Crippen molar-refractivity contribution in [2.75, 3.05) is 14.1 Å². The molecule has 1 unspecified atom stereocenters. The maximum absolute atomic E-state index is 4.01. The second-order valence-electron chi connectivity index (χ2n) is 7.53. The van der Waals surface area contributed by atoms with Gasteiger partial charge in [0.05, 0.1) is 0 Å². The zero-order valence-electron chi connectivity index (χ0n) is 16.4. The molecule has 0 saturated carbocycles. The van der Waals surface area contributed by atoms with Crippen LogP contribution < -0.4 is 0 Å². The van der Waals surface area contributed by atoms with Gasteiger partial charge in [-0.2, -0.15) is 0 Å². The summed E-state index contributed by atoms with van der Waals surface area (Å²) in [6.07, 6.45) is 10.3. The third-order valence-corrected chi connectivity index (χ3v) is 4.79. The summed E-state index contributed by atoms with van der Waals surface area (Å²) in [6, 6.07) is 0.